The van der Waals surface area contributed by atoms with Crippen LogP contribution >= 0.6 is 22.6 Å². The Morgan fingerprint density at radius 2 is 2.28 bits per heavy atom. The van der Waals surface area contributed by atoms with Crippen LogP contribution in [0.2, 0.25) is 0 Å². The molecule has 0 saturated carbocycles. The zero-order valence-corrected chi connectivity index (χ0v) is 11.4. The first-order valence-corrected chi connectivity index (χ1v) is 5.86. The maximum Gasteiger partial charge on any atom is 0.273 e. The van der Waals surface area contributed by atoms with Crippen LogP contribution in [0.5, 0.6) is 5.75 Å². The third-order valence-corrected chi connectivity index (χ3v) is 3.34. The number of ether oxygens (including phenoxy) is 1. The molecule has 1 aromatic carbocycles. The number of anilines is 1. The fraction of sp³-hybridized carbons (Fsp3) is 0.100. The van der Waals surface area contributed by atoms with Gasteiger partial charge in [0.1, 0.15) is 9.32 Å². The molecule has 0 spiro atoms. The van der Waals surface area contributed by atoms with Crippen molar-refractivity contribution in [2.75, 3.05) is 12.8 Å². The van der Waals surface area contributed by atoms with Crippen molar-refractivity contribution in [1.29, 1.82) is 0 Å². The monoisotopic (exact) mass is 361 g/mol. The van der Waals surface area contributed by atoms with Gasteiger partial charge in [-0.2, -0.15) is 0 Å². The summed E-state index contributed by atoms with van der Waals surface area (Å²) in [7, 11) is 1.43. The Hall–Kier alpha value is -1.84. The molecule has 0 aliphatic rings. The lowest BCUT2D eigenvalue weighted by atomic mass is 10.1. The van der Waals surface area contributed by atoms with Gasteiger partial charge in [-0.05, 0) is 28.7 Å². The van der Waals surface area contributed by atoms with E-state index in [0.717, 1.165) is 0 Å². The van der Waals surface area contributed by atoms with Crippen molar-refractivity contribution in [3.05, 3.63) is 31.9 Å². The highest BCUT2D eigenvalue weighted by Gasteiger charge is 2.19. The van der Waals surface area contributed by atoms with Gasteiger partial charge < -0.3 is 15.0 Å². The molecule has 1 aromatic heterocycles. The predicted octanol–water partition coefficient (Wildman–Crippen LogP) is 2.45. The maximum atomic E-state index is 10.7. The summed E-state index contributed by atoms with van der Waals surface area (Å²) in [6.45, 7) is 0. The number of nitro benzene ring substituents is 1. The van der Waals surface area contributed by atoms with Crippen LogP contribution in [0.4, 0.5) is 11.5 Å². The molecule has 94 valence electrons. The molecule has 18 heavy (non-hydrogen) atoms. The van der Waals surface area contributed by atoms with Gasteiger partial charge in [-0.3, -0.25) is 10.1 Å². The number of hydrogen-bond acceptors (Lipinski definition) is 6. The summed E-state index contributed by atoms with van der Waals surface area (Å²) in [5.74, 6) is 1.03. The second-order valence-corrected chi connectivity index (χ2v) is 4.43. The summed E-state index contributed by atoms with van der Waals surface area (Å²) >= 11 is 1.99. The number of nitrogen functional groups attached to an aromatic ring is 1. The molecule has 2 rings (SSSR count). The summed E-state index contributed by atoms with van der Waals surface area (Å²) in [6.07, 6.45) is 0. The normalized spacial score (nSPS) is 10.3. The Bertz CT molecular complexity index is 611. The van der Waals surface area contributed by atoms with Gasteiger partial charge in [-0.25, -0.2) is 0 Å². The van der Waals surface area contributed by atoms with E-state index in [1.807, 2.05) is 22.6 Å². The molecule has 0 aliphatic carbocycles. The van der Waals surface area contributed by atoms with Crippen LogP contribution in [0, 0.1) is 13.7 Å². The first-order valence-electron chi connectivity index (χ1n) is 4.78. The Balaban J connectivity index is 2.58. The quantitative estimate of drug-likeness (QED) is 0.512. The van der Waals surface area contributed by atoms with E-state index in [0.29, 0.717) is 20.6 Å². The van der Waals surface area contributed by atoms with Crippen molar-refractivity contribution in [3.63, 3.8) is 0 Å². The summed E-state index contributed by atoms with van der Waals surface area (Å²) < 4.78 is 10.8. The number of methoxy groups -OCH3 is 1. The third kappa shape index (κ3) is 2.10. The average Bonchev–Trinajstić information content (AvgIpc) is 2.69. The fourth-order valence-electron chi connectivity index (χ4n) is 1.44. The summed E-state index contributed by atoms with van der Waals surface area (Å²) in [6, 6.07) is 4.23. The number of non-ortho nitro benzene ring substituents is 1. The molecule has 2 N–H and O–H groups in total. The zero-order chi connectivity index (χ0) is 13.3. The molecule has 0 amide bonds. The second kappa shape index (κ2) is 4.80. The molecule has 0 fully saturated rings. The number of aromatic nitrogens is 1. The fourth-order valence-corrected chi connectivity index (χ4v) is 1.93. The molecule has 8 heteroatoms. The Kier molecular flexibility index (Phi) is 3.36. The van der Waals surface area contributed by atoms with Crippen LogP contribution in [0.25, 0.3) is 11.3 Å². The van der Waals surface area contributed by atoms with Gasteiger partial charge in [-0.1, -0.05) is 5.16 Å². The highest BCUT2D eigenvalue weighted by Crippen LogP contribution is 2.37. The molecule has 0 atom stereocenters. The Morgan fingerprint density at radius 3 is 2.78 bits per heavy atom. The molecule has 1 heterocycles. The van der Waals surface area contributed by atoms with Gasteiger partial charge in [0.2, 0.25) is 0 Å². The number of hydrogen-bond donors (Lipinski definition) is 1. The molecular weight excluding hydrogens is 353 g/mol. The number of rotatable bonds is 3. The standard InChI is InChI=1S/C10H8IN3O4/c1-17-7-4-5(14(15)16)2-3-6(7)9-8(11)10(12)13-18-9/h2-4H,1H3,(H2,12,13). The predicted molar refractivity (Wildman–Crippen MR) is 72.3 cm³/mol. The minimum atomic E-state index is -0.494. The molecule has 0 aliphatic heterocycles. The molecule has 0 bridgehead atoms. The lowest BCUT2D eigenvalue weighted by molar-refractivity contribution is -0.384. The summed E-state index contributed by atoms with van der Waals surface area (Å²) in [4.78, 5) is 10.2. The SMILES string of the molecule is COc1cc([N+](=O)[O-])ccc1-c1onc(N)c1I. The van der Waals surface area contributed by atoms with Crippen molar-refractivity contribution >= 4 is 34.1 Å². The van der Waals surface area contributed by atoms with E-state index < -0.39 is 4.92 Å². The molecule has 0 saturated heterocycles. The lowest BCUT2D eigenvalue weighted by Crippen LogP contribution is -1.93. The van der Waals surface area contributed by atoms with Crippen LogP contribution in [0.3, 0.4) is 0 Å². The van der Waals surface area contributed by atoms with Crippen LogP contribution in [0.1, 0.15) is 0 Å². The van der Waals surface area contributed by atoms with E-state index in [2.05, 4.69) is 5.16 Å². The van der Waals surface area contributed by atoms with Crippen molar-refractivity contribution in [3.8, 4) is 17.1 Å². The molecule has 0 radical (unpaired) electrons. The van der Waals surface area contributed by atoms with Gasteiger partial charge in [0.25, 0.3) is 5.69 Å². The van der Waals surface area contributed by atoms with Gasteiger partial charge in [0.15, 0.2) is 11.6 Å². The number of nitrogens with two attached hydrogens (primary N) is 1. The van der Waals surface area contributed by atoms with Gasteiger partial charge >= 0.3 is 0 Å². The van der Waals surface area contributed by atoms with E-state index in [-0.39, 0.29) is 11.5 Å². The minimum Gasteiger partial charge on any atom is -0.496 e. The average molecular weight is 361 g/mol. The highest BCUT2D eigenvalue weighted by molar-refractivity contribution is 14.1. The van der Waals surface area contributed by atoms with Crippen LogP contribution < -0.4 is 10.5 Å². The van der Waals surface area contributed by atoms with Gasteiger partial charge in [0, 0.05) is 6.07 Å². The summed E-state index contributed by atoms with van der Waals surface area (Å²) in [5.41, 5.74) is 6.10. The first-order chi connectivity index (χ1) is 8.54. The van der Waals surface area contributed by atoms with Gasteiger partial charge in [-0.15, -0.1) is 0 Å². The lowest BCUT2D eigenvalue weighted by Gasteiger charge is -2.05. The smallest absolute Gasteiger partial charge is 0.273 e. The summed E-state index contributed by atoms with van der Waals surface area (Å²) in [5, 5.41) is 14.3. The van der Waals surface area contributed by atoms with Crippen molar-refractivity contribution in [1.82, 2.24) is 5.16 Å². The van der Waals surface area contributed by atoms with E-state index in [4.69, 9.17) is 15.0 Å². The minimum absolute atomic E-state index is 0.0573. The molecule has 7 nitrogen and oxygen atoms in total. The van der Waals surface area contributed by atoms with Gasteiger partial charge in [0.05, 0.1) is 23.7 Å². The van der Waals surface area contributed by atoms with Crippen molar-refractivity contribution in [2.24, 2.45) is 0 Å². The Labute approximate surface area is 115 Å². The second-order valence-electron chi connectivity index (χ2n) is 3.35. The van der Waals surface area contributed by atoms with Crippen LogP contribution in [-0.4, -0.2) is 17.2 Å². The van der Waals surface area contributed by atoms with Crippen LogP contribution in [0.15, 0.2) is 22.7 Å². The number of nitrogens with zero attached hydrogens (tertiary/aromatic N) is 2. The van der Waals surface area contributed by atoms with E-state index in [9.17, 15) is 10.1 Å². The van der Waals surface area contributed by atoms with Crippen LogP contribution in [-0.2, 0) is 0 Å². The van der Waals surface area contributed by atoms with E-state index >= 15 is 0 Å². The molecule has 2 aromatic rings. The topological polar surface area (TPSA) is 104 Å². The van der Waals surface area contributed by atoms with E-state index in [1.165, 1.54) is 19.2 Å². The first kappa shape index (κ1) is 12.6. The Morgan fingerprint density at radius 1 is 1.56 bits per heavy atom. The third-order valence-electron chi connectivity index (χ3n) is 2.30. The number of benzene rings is 1. The molecular formula is C10H8IN3O4. The number of nitro groups is 1. The molecule has 0 unspecified atom stereocenters. The van der Waals surface area contributed by atoms with Crippen molar-refractivity contribution < 1.29 is 14.2 Å². The number of halogens is 1. The van der Waals surface area contributed by atoms with E-state index in [1.54, 1.807) is 6.07 Å². The largest absolute Gasteiger partial charge is 0.496 e. The maximum absolute atomic E-state index is 10.7. The highest BCUT2D eigenvalue weighted by atomic mass is 127. The zero-order valence-electron chi connectivity index (χ0n) is 9.21. The van der Waals surface area contributed by atoms with Crippen molar-refractivity contribution in [2.45, 2.75) is 0 Å².